The fourth-order valence-electron chi connectivity index (χ4n) is 1.40. The van der Waals surface area contributed by atoms with Crippen molar-refractivity contribution in [3.05, 3.63) is 52.1 Å². The second-order valence-corrected chi connectivity index (χ2v) is 3.36. The summed E-state index contributed by atoms with van der Waals surface area (Å²) in [5, 5.41) is 10.8. The third-order valence-corrected chi connectivity index (χ3v) is 2.16. The maximum absolute atomic E-state index is 10.8. The summed E-state index contributed by atoms with van der Waals surface area (Å²) in [6.45, 7) is 0. The highest BCUT2D eigenvalue weighted by molar-refractivity contribution is 5.39. The fraction of sp³-hybridized carbons (Fsp3) is 0.100. The molecule has 0 saturated carbocycles. The zero-order valence-corrected chi connectivity index (χ0v) is 8.78. The van der Waals surface area contributed by atoms with Gasteiger partial charge in [0.05, 0.1) is 4.92 Å². The first-order valence-electron chi connectivity index (χ1n) is 4.81. The Hall–Kier alpha value is -2.57. The van der Waals surface area contributed by atoms with Gasteiger partial charge in [-0.15, -0.1) is 0 Å². The number of nitrogens with two attached hydrogens (primary N) is 1. The molecule has 2 aromatic heterocycles. The smallest absolute Gasteiger partial charge is 0.309 e. The lowest BCUT2D eigenvalue weighted by Gasteiger charge is -2.02. The van der Waals surface area contributed by atoms with E-state index in [2.05, 4.69) is 15.0 Å². The van der Waals surface area contributed by atoms with Crippen molar-refractivity contribution < 1.29 is 4.92 Å². The van der Waals surface area contributed by atoms with Crippen molar-refractivity contribution in [2.45, 2.75) is 6.42 Å². The molecule has 17 heavy (non-hydrogen) atoms. The Kier molecular flexibility index (Phi) is 2.91. The SMILES string of the molecule is Nc1ncc([N+](=O)[O-])c(Cc2cccnc2)n1. The van der Waals surface area contributed by atoms with Gasteiger partial charge in [-0.1, -0.05) is 6.07 Å². The third kappa shape index (κ3) is 2.51. The molecule has 0 unspecified atom stereocenters. The van der Waals surface area contributed by atoms with Crippen LogP contribution in [0.1, 0.15) is 11.3 Å². The minimum atomic E-state index is -0.523. The summed E-state index contributed by atoms with van der Waals surface area (Å²) in [6, 6.07) is 3.57. The number of pyridine rings is 1. The number of anilines is 1. The van der Waals surface area contributed by atoms with E-state index in [1.807, 2.05) is 6.07 Å². The molecule has 0 radical (unpaired) electrons. The summed E-state index contributed by atoms with van der Waals surface area (Å²) in [7, 11) is 0. The monoisotopic (exact) mass is 231 g/mol. The Morgan fingerprint density at radius 2 is 2.24 bits per heavy atom. The minimum Gasteiger partial charge on any atom is -0.368 e. The first-order valence-corrected chi connectivity index (χ1v) is 4.81. The van der Waals surface area contributed by atoms with E-state index >= 15 is 0 Å². The van der Waals surface area contributed by atoms with Gasteiger partial charge in [-0.3, -0.25) is 15.1 Å². The second kappa shape index (κ2) is 4.52. The third-order valence-electron chi connectivity index (χ3n) is 2.16. The summed E-state index contributed by atoms with van der Waals surface area (Å²) in [4.78, 5) is 21.7. The molecule has 0 aliphatic rings. The van der Waals surface area contributed by atoms with Crippen molar-refractivity contribution in [1.82, 2.24) is 15.0 Å². The molecule has 2 aromatic rings. The largest absolute Gasteiger partial charge is 0.368 e. The van der Waals surface area contributed by atoms with Gasteiger partial charge in [0, 0.05) is 18.8 Å². The quantitative estimate of drug-likeness (QED) is 0.622. The van der Waals surface area contributed by atoms with E-state index < -0.39 is 4.92 Å². The summed E-state index contributed by atoms with van der Waals surface area (Å²) in [5.41, 5.74) is 6.40. The molecular weight excluding hydrogens is 222 g/mol. The Labute approximate surface area is 96.5 Å². The normalized spacial score (nSPS) is 10.1. The number of hydrogen-bond acceptors (Lipinski definition) is 6. The molecule has 0 spiro atoms. The van der Waals surface area contributed by atoms with Gasteiger partial charge in [-0.25, -0.2) is 9.97 Å². The zero-order chi connectivity index (χ0) is 12.3. The van der Waals surface area contributed by atoms with Crippen LogP contribution in [-0.4, -0.2) is 19.9 Å². The van der Waals surface area contributed by atoms with Gasteiger partial charge in [0.25, 0.3) is 0 Å². The van der Waals surface area contributed by atoms with Gasteiger partial charge in [-0.2, -0.15) is 0 Å². The van der Waals surface area contributed by atoms with Crippen LogP contribution >= 0.6 is 0 Å². The predicted octanol–water partition coefficient (Wildman–Crippen LogP) is 0.953. The highest BCUT2D eigenvalue weighted by atomic mass is 16.6. The van der Waals surface area contributed by atoms with Crippen LogP contribution < -0.4 is 5.73 Å². The maximum atomic E-state index is 10.8. The Bertz CT molecular complexity index is 544. The number of hydrogen-bond donors (Lipinski definition) is 1. The van der Waals surface area contributed by atoms with Crippen molar-refractivity contribution in [2.75, 3.05) is 5.73 Å². The molecule has 0 fully saturated rings. The van der Waals surface area contributed by atoms with Crippen LogP contribution in [0.4, 0.5) is 11.6 Å². The molecule has 86 valence electrons. The molecule has 2 N–H and O–H groups in total. The second-order valence-electron chi connectivity index (χ2n) is 3.36. The molecule has 0 aromatic carbocycles. The van der Waals surface area contributed by atoms with Gasteiger partial charge >= 0.3 is 5.69 Å². The number of nitro groups is 1. The van der Waals surface area contributed by atoms with Crippen molar-refractivity contribution >= 4 is 11.6 Å². The number of aromatic nitrogens is 3. The van der Waals surface area contributed by atoms with Crippen molar-refractivity contribution in [3.8, 4) is 0 Å². The van der Waals surface area contributed by atoms with Crippen LogP contribution in [0.2, 0.25) is 0 Å². The molecule has 7 heteroatoms. The average Bonchev–Trinajstić information content (AvgIpc) is 2.30. The van der Waals surface area contributed by atoms with Gasteiger partial charge in [-0.05, 0) is 11.6 Å². The Morgan fingerprint density at radius 3 is 2.88 bits per heavy atom. The first-order chi connectivity index (χ1) is 8.16. The van der Waals surface area contributed by atoms with E-state index in [9.17, 15) is 10.1 Å². The van der Waals surface area contributed by atoms with Crippen LogP contribution in [0, 0.1) is 10.1 Å². The standard InChI is InChI=1S/C10H9N5O2/c11-10-13-6-9(15(16)17)8(14-10)4-7-2-1-3-12-5-7/h1-3,5-6H,4H2,(H2,11,13,14). The number of nitrogen functional groups attached to an aromatic ring is 1. The van der Waals surface area contributed by atoms with E-state index in [1.54, 1.807) is 18.5 Å². The van der Waals surface area contributed by atoms with E-state index in [4.69, 9.17) is 5.73 Å². The predicted molar refractivity (Wildman–Crippen MR) is 60.1 cm³/mol. The van der Waals surface area contributed by atoms with Gasteiger partial charge in [0.2, 0.25) is 5.95 Å². The molecular formula is C10H9N5O2. The Balaban J connectivity index is 2.37. The molecule has 0 bridgehead atoms. The van der Waals surface area contributed by atoms with E-state index in [0.717, 1.165) is 11.8 Å². The maximum Gasteiger partial charge on any atom is 0.309 e. The highest BCUT2D eigenvalue weighted by Gasteiger charge is 2.16. The molecule has 0 amide bonds. The summed E-state index contributed by atoms with van der Waals surface area (Å²) >= 11 is 0. The van der Waals surface area contributed by atoms with Crippen LogP contribution in [0.5, 0.6) is 0 Å². The van der Waals surface area contributed by atoms with Gasteiger partial charge < -0.3 is 5.73 Å². The van der Waals surface area contributed by atoms with Crippen LogP contribution in [-0.2, 0) is 6.42 Å². The summed E-state index contributed by atoms with van der Waals surface area (Å²) in [5.74, 6) is 0.0227. The molecule has 0 aliphatic heterocycles. The van der Waals surface area contributed by atoms with Crippen molar-refractivity contribution in [1.29, 1.82) is 0 Å². The number of rotatable bonds is 3. The van der Waals surface area contributed by atoms with Crippen LogP contribution in [0.15, 0.2) is 30.7 Å². The lowest BCUT2D eigenvalue weighted by Crippen LogP contribution is -2.04. The lowest BCUT2D eigenvalue weighted by atomic mass is 10.1. The van der Waals surface area contributed by atoms with E-state index in [-0.39, 0.29) is 17.3 Å². The lowest BCUT2D eigenvalue weighted by molar-refractivity contribution is -0.386. The van der Waals surface area contributed by atoms with Crippen molar-refractivity contribution in [2.24, 2.45) is 0 Å². The van der Waals surface area contributed by atoms with Gasteiger partial charge in [0.1, 0.15) is 11.9 Å². The summed E-state index contributed by atoms with van der Waals surface area (Å²) in [6.07, 6.45) is 4.68. The van der Waals surface area contributed by atoms with E-state index in [0.29, 0.717) is 6.42 Å². The first kappa shape index (κ1) is 10.9. The molecule has 2 rings (SSSR count). The Morgan fingerprint density at radius 1 is 1.41 bits per heavy atom. The van der Waals surface area contributed by atoms with Crippen LogP contribution in [0.25, 0.3) is 0 Å². The van der Waals surface area contributed by atoms with Crippen molar-refractivity contribution in [3.63, 3.8) is 0 Å². The molecule has 7 nitrogen and oxygen atoms in total. The van der Waals surface area contributed by atoms with Crippen LogP contribution in [0.3, 0.4) is 0 Å². The van der Waals surface area contributed by atoms with E-state index in [1.165, 1.54) is 0 Å². The zero-order valence-electron chi connectivity index (χ0n) is 8.78. The summed E-state index contributed by atoms with van der Waals surface area (Å²) < 4.78 is 0. The number of nitrogens with zero attached hydrogens (tertiary/aromatic N) is 4. The average molecular weight is 231 g/mol. The highest BCUT2D eigenvalue weighted by Crippen LogP contribution is 2.18. The molecule has 2 heterocycles. The fourth-order valence-corrected chi connectivity index (χ4v) is 1.40. The van der Waals surface area contributed by atoms with Gasteiger partial charge in [0.15, 0.2) is 0 Å². The topological polar surface area (TPSA) is 108 Å². The minimum absolute atomic E-state index is 0.0227. The molecule has 0 atom stereocenters. The molecule has 0 saturated heterocycles. The molecule has 0 aliphatic carbocycles.